The summed E-state index contributed by atoms with van der Waals surface area (Å²) in [6.07, 6.45) is 10.4. The predicted octanol–water partition coefficient (Wildman–Crippen LogP) is 7.61. The molecule has 1 aliphatic rings. The molecule has 6 heteroatoms. The number of nitrogens with one attached hydrogen (secondary N) is 1. The molecule has 1 N–H and O–H groups in total. The number of unbranched alkanes of at least 4 members (excludes halogenated alkanes) is 3. The monoisotopic (exact) mass is 522 g/mol. The minimum absolute atomic E-state index is 0.0484. The molecule has 0 unspecified atom stereocenters. The zero-order chi connectivity index (χ0) is 27.2. The van der Waals surface area contributed by atoms with Gasteiger partial charge >= 0.3 is 12.1 Å². The second-order valence-corrected chi connectivity index (χ2v) is 10.4. The number of carbonyl (C=O) groups is 2. The van der Waals surface area contributed by atoms with E-state index in [0.29, 0.717) is 25.5 Å². The Morgan fingerprint density at radius 2 is 1.71 bits per heavy atom. The molecule has 0 radical (unpaired) electrons. The van der Waals surface area contributed by atoms with E-state index in [1.165, 1.54) is 25.7 Å². The lowest BCUT2D eigenvalue weighted by Crippen LogP contribution is -2.38. The van der Waals surface area contributed by atoms with E-state index >= 15 is 0 Å². The first kappa shape index (κ1) is 29.7. The van der Waals surface area contributed by atoms with Crippen molar-refractivity contribution in [2.24, 2.45) is 0 Å². The molecular weight excluding hydrogens is 476 g/mol. The van der Waals surface area contributed by atoms with Crippen molar-refractivity contribution in [3.05, 3.63) is 54.1 Å². The average molecular weight is 523 g/mol. The molecule has 0 aromatic heterocycles. The van der Waals surface area contributed by atoms with Crippen LogP contribution in [0.3, 0.4) is 0 Å². The third-order valence-corrected chi connectivity index (χ3v) is 7.46. The van der Waals surface area contributed by atoms with E-state index < -0.39 is 6.09 Å². The van der Waals surface area contributed by atoms with Crippen molar-refractivity contribution in [1.82, 2.24) is 4.90 Å². The summed E-state index contributed by atoms with van der Waals surface area (Å²) >= 11 is 0. The molecule has 6 nitrogen and oxygen atoms in total. The number of hydrogen-bond acceptors (Lipinski definition) is 5. The van der Waals surface area contributed by atoms with Gasteiger partial charge in [-0.2, -0.15) is 0 Å². The van der Waals surface area contributed by atoms with E-state index in [9.17, 15) is 9.59 Å². The number of ether oxygens (including phenoxy) is 2. The Bertz CT molecular complexity index is 986. The van der Waals surface area contributed by atoms with Gasteiger partial charge < -0.3 is 14.4 Å². The minimum atomic E-state index is -0.401. The highest BCUT2D eigenvalue weighted by molar-refractivity contribution is 5.91. The number of benzene rings is 2. The summed E-state index contributed by atoms with van der Waals surface area (Å²) in [6.45, 7) is 5.61. The first-order chi connectivity index (χ1) is 18.5. The molecule has 208 valence electrons. The topological polar surface area (TPSA) is 67.9 Å². The van der Waals surface area contributed by atoms with Crippen LogP contribution in [0.15, 0.2) is 48.5 Å². The van der Waals surface area contributed by atoms with E-state index in [-0.39, 0.29) is 12.1 Å². The maximum absolute atomic E-state index is 13.0. The van der Waals surface area contributed by atoms with Gasteiger partial charge in [0.25, 0.3) is 0 Å². The van der Waals surface area contributed by atoms with Crippen LogP contribution < -0.4 is 5.32 Å². The Morgan fingerprint density at radius 3 is 2.42 bits per heavy atom. The van der Waals surface area contributed by atoms with Crippen LogP contribution in [0.4, 0.5) is 10.5 Å². The van der Waals surface area contributed by atoms with Crippen molar-refractivity contribution in [1.29, 1.82) is 0 Å². The van der Waals surface area contributed by atoms with Gasteiger partial charge in [0.15, 0.2) is 0 Å². The zero-order valence-corrected chi connectivity index (χ0v) is 23.5. The maximum atomic E-state index is 13.0. The molecule has 3 rings (SSSR count). The minimum Gasteiger partial charge on any atom is -0.466 e. The first-order valence-corrected chi connectivity index (χ1v) is 14.5. The van der Waals surface area contributed by atoms with Gasteiger partial charge in [0.1, 0.15) is 6.10 Å². The number of carbonyl (C=O) groups excluding carboxylic acids is 2. The molecule has 0 aliphatic heterocycles. The molecule has 1 amide bonds. The Balaban J connectivity index is 1.56. The first-order valence-electron chi connectivity index (χ1n) is 14.5. The van der Waals surface area contributed by atoms with Crippen molar-refractivity contribution in [2.45, 2.75) is 96.6 Å². The summed E-state index contributed by atoms with van der Waals surface area (Å²) in [7, 11) is 2.23. The van der Waals surface area contributed by atoms with Gasteiger partial charge in [-0.15, -0.1) is 0 Å². The third-order valence-electron chi connectivity index (χ3n) is 7.46. The molecule has 0 atom stereocenters. The number of hydrogen-bond donors (Lipinski definition) is 1. The second kappa shape index (κ2) is 16.2. The van der Waals surface area contributed by atoms with Gasteiger partial charge in [-0.05, 0) is 82.7 Å². The number of amides is 1. The van der Waals surface area contributed by atoms with E-state index in [4.69, 9.17) is 9.47 Å². The van der Waals surface area contributed by atoms with E-state index in [0.717, 1.165) is 61.0 Å². The fourth-order valence-electron chi connectivity index (χ4n) is 5.25. The van der Waals surface area contributed by atoms with Crippen molar-refractivity contribution < 1.29 is 19.1 Å². The van der Waals surface area contributed by atoms with Gasteiger partial charge in [-0.25, -0.2) is 4.79 Å². The number of nitrogens with zero attached hydrogens (tertiary/aromatic N) is 1. The maximum Gasteiger partial charge on any atom is 0.411 e. The van der Waals surface area contributed by atoms with Gasteiger partial charge in [-0.3, -0.25) is 10.1 Å². The van der Waals surface area contributed by atoms with Crippen LogP contribution in [0.2, 0.25) is 0 Å². The van der Waals surface area contributed by atoms with E-state index in [1.807, 2.05) is 49.4 Å². The quantitative estimate of drug-likeness (QED) is 0.204. The molecule has 1 aliphatic carbocycles. The molecule has 1 saturated carbocycles. The molecule has 0 bridgehead atoms. The third kappa shape index (κ3) is 9.79. The molecule has 0 saturated heterocycles. The smallest absolute Gasteiger partial charge is 0.411 e. The van der Waals surface area contributed by atoms with Crippen LogP contribution in [-0.4, -0.2) is 49.3 Å². The summed E-state index contributed by atoms with van der Waals surface area (Å²) in [5.41, 5.74) is 3.77. The predicted molar refractivity (Wildman–Crippen MR) is 154 cm³/mol. The fraction of sp³-hybridized carbons (Fsp3) is 0.562. The van der Waals surface area contributed by atoms with Crippen LogP contribution in [-0.2, 0) is 20.7 Å². The van der Waals surface area contributed by atoms with Gasteiger partial charge in [0.05, 0.1) is 12.3 Å². The molecular formula is C32H46N2O4. The molecule has 0 heterocycles. The average Bonchev–Trinajstić information content (AvgIpc) is 2.92. The lowest BCUT2D eigenvalue weighted by molar-refractivity contribution is -0.143. The highest BCUT2D eigenvalue weighted by Crippen LogP contribution is 2.31. The lowest BCUT2D eigenvalue weighted by atomic mass is 9.92. The SMILES string of the molecule is CCCCCCN(C)C1CCC(OC(=O)Nc2cc(CCCC(=O)OCC)ccc2-c2ccccc2)CC1. The Kier molecular flexibility index (Phi) is 12.6. The number of rotatable bonds is 14. The Labute approximate surface area is 229 Å². The highest BCUT2D eigenvalue weighted by Gasteiger charge is 2.26. The molecule has 2 aromatic carbocycles. The Morgan fingerprint density at radius 1 is 0.947 bits per heavy atom. The van der Waals surface area contributed by atoms with Crippen LogP contribution in [0.1, 0.15) is 83.6 Å². The lowest BCUT2D eigenvalue weighted by Gasteiger charge is -2.34. The van der Waals surface area contributed by atoms with Crippen LogP contribution >= 0.6 is 0 Å². The summed E-state index contributed by atoms with van der Waals surface area (Å²) in [4.78, 5) is 27.2. The Hall–Kier alpha value is -2.86. The normalized spacial score (nSPS) is 17.3. The van der Waals surface area contributed by atoms with Crippen molar-refractivity contribution in [3.63, 3.8) is 0 Å². The zero-order valence-electron chi connectivity index (χ0n) is 23.5. The largest absolute Gasteiger partial charge is 0.466 e. The highest BCUT2D eigenvalue weighted by atomic mass is 16.6. The van der Waals surface area contributed by atoms with Crippen molar-refractivity contribution in [3.8, 4) is 11.1 Å². The van der Waals surface area contributed by atoms with Crippen molar-refractivity contribution >= 4 is 17.7 Å². The molecule has 2 aromatic rings. The molecule has 38 heavy (non-hydrogen) atoms. The molecule has 1 fully saturated rings. The van der Waals surface area contributed by atoms with Crippen molar-refractivity contribution in [2.75, 3.05) is 25.5 Å². The van der Waals surface area contributed by atoms with Crippen LogP contribution in [0.5, 0.6) is 0 Å². The number of aryl methyl sites for hydroxylation is 1. The summed E-state index contributed by atoms with van der Waals surface area (Å²) < 4.78 is 10.9. The van der Waals surface area contributed by atoms with Crippen LogP contribution in [0, 0.1) is 0 Å². The van der Waals surface area contributed by atoms with Crippen LogP contribution in [0.25, 0.3) is 11.1 Å². The summed E-state index contributed by atoms with van der Waals surface area (Å²) in [5, 5.41) is 3.03. The van der Waals surface area contributed by atoms with Gasteiger partial charge in [-0.1, -0.05) is 68.7 Å². The second-order valence-electron chi connectivity index (χ2n) is 10.4. The number of esters is 1. The van der Waals surface area contributed by atoms with E-state index in [1.54, 1.807) is 0 Å². The van der Waals surface area contributed by atoms with Gasteiger partial charge in [0.2, 0.25) is 0 Å². The van der Waals surface area contributed by atoms with E-state index in [2.05, 4.69) is 30.3 Å². The van der Waals surface area contributed by atoms with Gasteiger partial charge in [0, 0.05) is 18.0 Å². The number of anilines is 1. The summed E-state index contributed by atoms with van der Waals surface area (Å²) in [5.74, 6) is -0.173. The fourth-order valence-corrected chi connectivity index (χ4v) is 5.25. The standard InChI is InChI=1S/C32H46N2O4/c1-4-6-7-11-23-34(3)27-18-20-28(21-19-27)38-32(36)33-30-24-25(13-12-16-31(35)37-5-2)17-22-29(30)26-14-9-8-10-15-26/h8-10,14-15,17,22,24,27-28H,4-7,11-13,16,18-21,23H2,1-3H3,(H,33,36). The molecule has 0 spiro atoms. The summed E-state index contributed by atoms with van der Waals surface area (Å²) in [6, 6.07) is 16.7.